The highest BCUT2D eigenvalue weighted by molar-refractivity contribution is 6.06. The molecule has 0 saturated heterocycles. The smallest absolute Gasteiger partial charge is 0.252 e. The maximum Gasteiger partial charge on any atom is 0.252 e. The molecule has 1 N–H and O–H groups in total. The predicted octanol–water partition coefficient (Wildman–Crippen LogP) is 3.89. The number of aryl methyl sites for hydroxylation is 3. The Balaban J connectivity index is 1.46. The number of fused-ring (bicyclic) bond motifs is 1. The molecule has 1 aliphatic rings. The maximum atomic E-state index is 13.3. The topological polar surface area (TPSA) is 77.6 Å². The average Bonchev–Trinajstić information content (AvgIpc) is 3.53. The van der Waals surface area contributed by atoms with Crippen LogP contribution in [0.15, 0.2) is 36.4 Å². The number of amides is 1. The van der Waals surface area contributed by atoms with Gasteiger partial charge in [0.15, 0.2) is 5.65 Å². The van der Waals surface area contributed by atoms with Crippen LogP contribution in [-0.2, 0) is 13.6 Å². The van der Waals surface area contributed by atoms with Crippen LogP contribution < -0.4 is 5.32 Å². The zero-order chi connectivity index (χ0) is 21.7. The van der Waals surface area contributed by atoms with E-state index in [9.17, 15) is 4.79 Å². The highest BCUT2D eigenvalue weighted by Gasteiger charge is 2.28. The highest BCUT2D eigenvalue weighted by atomic mass is 16.1. The molecule has 1 aromatic carbocycles. The first-order valence-corrected chi connectivity index (χ1v) is 10.7. The van der Waals surface area contributed by atoms with Crippen molar-refractivity contribution in [1.29, 1.82) is 0 Å². The lowest BCUT2D eigenvalue weighted by Crippen LogP contribution is -2.24. The molecule has 0 bridgehead atoms. The van der Waals surface area contributed by atoms with Crippen molar-refractivity contribution in [2.75, 3.05) is 0 Å². The minimum atomic E-state index is -0.100. The van der Waals surface area contributed by atoms with Crippen LogP contribution in [0, 0.1) is 20.8 Å². The van der Waals surface area contributed by atoms with Gasteiger partial charge in [0, 0.05) is 36.5 Å². The lowest BCUT2D eigenvalue weighted by Gasteiger charge is -2.10. The van der Waals surface area contributed by atoms with Gasteiger partial charge < -0.3 is 5.32 Å². The van der Waals surface area contributed by atoms with Crippen LogP contribution in [0.25, 0.3) is 16.7 Å². The first-order valence-electron chi connectivity index (χ1n) is 10.7. The molecular weight excluding hydrogens is 388 g/mol. The predicted molar refractivity (Wildman–Crippen MR) is 119 cm³/mol. The lowest BCUT2D eigenvalue weighted by molar-refractivity contribution is 0.0952. The summed E-state index contributed by atoms with van der Waals surface area (Å²) in [5, 5.41) is 13.1. The van der Waals surface area contributed by atoms with Crippen molar-refractivity contribution in [1.82, 2.24) is 29.9 Å². The Morgan fingerprint density at radius 1 is 1.10 bits per heavy atom. The second kappa shape index (κ2) is 7.34. The van der Waals surface area contributed by atoms with Crippen molar-refractivity contribution in [2.45, 2.75) is 46.1 Å². The quantitative estimate of drug-likeness (QED) is 0.537. The van der Waals surface area contributed by atoms with E-state index in [1.165, 1.54) is 0 Å². The Morgan fingerprint density at radius 3 is 2.55 bits per heavy atom. The number of pyridine rings is 1. The SMILES string of the molecule is Cc1nn(-c2ccccc2)c(C)c1CNC(=O)c1cc(C2CC2)nc2c1c(C)nn2C. The fourth-order valence-corrected chi connectivity index (χ4v) is 4.25. The van der Waals surface area contributed by atoms with Crippen LogP contribution in [0.2, 0.25) is 0 Å². The monoisotopic (exact) mass is 414 g/mol. The zero-order valence-corrected chi connectivity index (χ0v) is 18.3. The zero-order valence-electron chi connectivity index (χ0n) is 18.3. The summed E-state index contributed by atoms with van der Waals surface area (Å²) in [4.78, 5) is 18.1. The van der Waals surface area contributed by atoms with Gasteiger partial charge in [-0.1, -0.05) is 18.2 Å². The van der Waals surface area contributed by atoms with E-state index < -0.39 is 0 Å². The molecule has 0 radical (unpaired) electrons. The molecule has 31 heavy (non-hydrogen) atoms. The highest BCUT2D eigenvalue weighted by Crippen LogP contribution is 2.40. The number of nitrogens with one attached hydrogen (secondary N) is 1. The second-order valence-electron chi connectivity index (χ2n) is 8.36. The standard InChI is InChI=1S/C24H26N6O/c1-14-20(16(3)30(28-14)18-8-6-5-7-9-18)13-25-24(31)19-12-21(17-10-11-17)26-23-22(19)15(2)27-29(23)4/h5-9,12,17H,10-11,13H2,1-4H3,(H,25,31). The molecule has 5 rings (SSSR count). The third kappa shape index (κ3) is 3.40. The van der Waals surface area contributed by atoms with Crippen LogP contribution >= 0.6 is 0 Å². The fourth-order valence-electron chi connectivity index (χ4n) is 4.25. The van der Waals surface area contributed by atoms with Crippen LogP contribution in [-0.4, -0.2) is 30.5 Å². The molecule has 7 nitrogen and oxygen atoms in total. The van der Waals surface area contributed by atoms with E-state index in [4.69, 9.17) is 4.98 Å². The van der Waals surface area contributed by atoms with Gasteiger partial charge in [0.25, 0.3) is 5.91 Å². The number of para-hydroxylation sites is 1. The molecule has 4 aromatic rings. The molecule has 1 amide bonds. The third-order valence-electron chi connectivity index (χ3n) is 6.10. The lowest BCUT2D eigenvalue weighted by atomic mass is 10.1. The fraction of sp³-hybridized carbons (Fsp3) is 0.333. The van der Waals surface area contributed by atoms with Gasteiger partial charge in [-0.15, -0.1) is 0 Å². The Morgan fingerprint density at radius 2 is 1.84 bits per heavy atom. The molecule has 158 valence electrons. The van der Waals surface area contributed by atoms with Crippen molar-refractivity contribution in [3.8, 4) is 5.69 Å². The number of aromatic nitrogens is 5. The number of carbonyl (C=O) groups is 1. The van der Waals surface area contributed by atoms with E-state index in [2.05, 4.69) is 15.5 Å². The van der Waals surface area contributed by atoms with Crippen molar-refractivity contribution >= 4 is 16.9 Å². The molecule has 1 aliphatic carbocycles. The van der Waals surface area contributed by atoms with Crippen molar-refractivity contribution in [3.63, 3.8) is 0 Å². The number of hydrogen-bond donors (Lipinski definition) is 1. The summed E-state index contributed by atoms with van der Waals surface area (Å²) in [6.07, 6.45) is 2.26. The van der Waals surface area contributed by atoms with Crippen LogP contribution in [0.1, 0.15) is 57.5 Å². The van der Waals surface area contributed by atoms with Gasteiger partial charge in [-0.25, -0.2) is 9.67 Å². The summed E-state index contributed by atoms with van der Waals surface area (Å²) in [7, 11) is 1.88. The normalized spacial score (nSPS) is 13.7. The third-order valence-corrected chi connectivity index (χ3v) is 6.10. The Bertz CT molecular complexity index is 1300. The van der Waals surface area contributed by atoms with Crippen molar-refractivity contribution in [3.05, 3.63) is 70.3 Å². The molecular formula is C24H26N6O. The summed E-state index contributed by atoms with van der Waals surface area (Å²) < 4.78 is 3.70. The minimum Gasteiger partial charge on any atom is -0.348 e. The number of rotatable bonds is 5. The summed E-state index contributed by atoms with van der Waals surface area (Å²) in [6, 6.07) is 12.0. The second-order valence-corrected chi connectivity index (χ2v) is 8.36. The van der Waals surface area contributed by atoms with Gasteiger partial charge in [0.1, 0.15) is 0 Å². The molecule has 7 heteroatoms. The summed E-state index contributed by atoms with van der Waals surface area (Å²) in [6.45, 7) is 6.37. The van der Waals surface area contributed by atoms with Crippen LogP contribution in [0.4, 0.5) is 0 Å². The molecule has 0 unspecified atom stereocenters. The van der Waals surface area contributed by atoms with Crippen molar-refractivity contribution < 1.29 is 4.79 Å². The van der Waals surface area contributed by atoms with Gasteiger partial charge in [-0.05, 0) is 51.8 Å². The maximum absolute atomic E-state index is 13.3. The average molecular weight is 415 g/mol. The molecule has 0 spiro atoms. The number of nitrogens with zero attached hydrogens (tertiary/aromatic N) is 5. The molecule has 0 atom stereocenters. The summed E-state index contributed by atoms with van der Waals surface area (Å²) >= 11 is 0. The number of benzene rings is 1. The van der Waals surface area contributed by atoms with Gasteiger partial charge in [0.2, 0.25) is 0 Å². The molecule has 0 aliphatic heterocycles. The van der Waals surface area contributed by atoms with Gasteiger partial charge in [-0.3, -0.25) is 9.48 Å². The Hall–Kier alpha value is -3.48. The number of carbonyl (C=O) groups excluding carboxylic acids is 1. The number of hydrogen-bond acceptors (Lipinski definition) is 4. The largest absolute Gasteiger partial charge is 0.348 e. The molecule has 3 aromatic heterocycles. The molecule has 1 fully saturated rings. The van der Waals surface area contributed by atoms with E-state index in [1.807, 2.05) is 68.9 Å². The summed E-state index contributed by atoms with van der Waals surface area (Å²) in [5.41, 5.74) is 7.23. The van der Waals surface area contributed by atoms with E-state index in [0.717, 1.165) is 57.9 Å². The first-order chi connectivity index (χ1) is 14.9. The van der Waals surface area contributed by atoms with Gasteiger partial charge in [0.05, 0.1) is 28.0 Å². The van der Waals surface area contributed by atoms with E-state index >= 15 is 0 Å². The van der Waals surface area contributed by atoms with Gasteiger partial charge in [-0.2, -0.15) is 10.2 Å². The first kappa shape index (κ1) is 19.5. The minimum absolute atomic E-state index is 0.100. The van der Waals surface area contributed by atoms with E-state index in [1.54, 1.807) is 4.68 Å². The summed E-state index contributed by atoms with van der Waals surface area (Å²) in [5.74, 6) is 0.358. The molecule has 1 saturated carbocycles. The Kier molecular flexibility index (Phi) is 4.61. The van der Waals surface area contributed by atoms with Crippen LogP contribution in [0.3, 0.4) is 0 Å². The van der Waals surface area contributed by atoms with E-state index in [-0.39, 0.29) is 5.91 Å². The van der Waals surface area contributed by atoms with E-state index in [0.29, 0.717) is 18.0 Å². The molecule has 3 heterocycles. The van der Waals surface area contributed by atoms with Gasteiger partial charge >= 0.3 is 0 Å². The van der Waals surface area contributed by atoms with Crippen LogP contribution in [0.5, 0.6) is 0 Å². The van der Waals surface area contributed by atoms with Crippen molar-refractivity contribution in [2.24, 2.45) is 7.05 Å². The Labute approximate surface area is 181 Å².